The largest absolute Gasteiger partial charge is 0.504 e. The van der Waals surface area contributed by atoms with Crippen LogP contribution in [0.25, 0.3) is 0 Å². The number of aliphatic hydroxyl groups is 1. The van der Waals surface area contributed by atoms with Gasteiger partial charge in [-0.3, -0.25) is 0 Å². The van der Waals surface area contributed by atoms with Gasteiger partial charge in [-0.15, -0.1) is 13.2 Å². The van der Waals surface area contributed by atoms with Crippen LogP contribution in [0.4, 0.5) is 0 Å². The molecule has 0 spiro atoms. The molecule has 0 bridgehead atoms. The molecule has 1 atom stereocenters. The number of ether oxygens (including phenoxy) is 1. The molecule has 1 unspecified atom stereocenters. The number of phenols is 2. The Bertz CT molecular complexity index is 839. The average molecular weight is 370 g/mol. The number of carbonyl (C=O) groups is 1. The Morgan fingerprint density at radius 3 is 2.26 bits per heavy atom. The molecule has 4 N–H and O–H groups in total. The Balaban J connectivity index is 2.38. The van der Waals surface area contributed by atoms with Gasteiger partial charge in [0, 0.05) is 12.0 Å². The fourth-order valence-electron chi connectivity index (χ4n) is 2.64. The second-order valence-electron chi connectivity index (χ2n) is 6.00. The molecule has 0 heterocycles. The van der Waals surface area contributed by atoms with Crippen molar-refractivity contribution in [2.45, 2.75) is 25.4 Å². The molecule has 27 heavy (non-hydrogen) atoms. The highest BCUT2D eigenvalue weighted by Gasteiger charge is 2.23. The third-order valence-corrected chi connectivity index (χ3v) is 4.01. The SMILES string of the molecule is C=CCc1ccc(Oc2cc(CC=C)c(CC(O)C(=O)O)c(O)c2O)cc1. The Labute approximate surface area is 157 Å². The molecule has 0 saturated heterocycles. The van der Waals surface area contributed by atoms with Crippen molar-refractivity contribution in [2.24, 2.45) is 0 Å². The fraction of sp³-hybridized carbons (Fsp3) is 0.190. The highest BCUT2D eigenvalue weighted by molar-refractivity contribution is 5.73. The van der Waals surface area contributed by atoms with Gasteiger partial charge in [-0.2, -0.15) is 0 Å². The van der Waals surface area contributed by atoms with Crippen LogP contribution in [0.15, 0.2) is 55.6 Å². The average Bonchev–Trinajstić information content (AvgIpc) is 2.64. The summed E-state index contributed by atoms with van der Waals surface area (Å²) in [4.78, 5) is 10.9. The summed E-state index contributed by atoms with van der Waals surface area (Å²) in [5.41, 5.74) is 1.68. The third kappa shape index (κ3) is 4.89. The maximum atomic E-state index is 10.9. The van der Waals surface area contributed by atoms with Crippen LogP contribution in [-0.2, 0) is 24.1 Å². The molecule has 0 radical (unpaired) electrons. The molecule has 0 saturated carbocycles. The number of carboxylic acid groups (broad SMARTS) is 1. The Hall–Kier alpha value is -3.25. The van der Waals surface area contributed by atoms with E-state index in [0.717, 1.165) is 12.0 Å². The molecule has 6 nitrogen and oxygen atoms in total. The van der Waals surface area contributed by atoms with Crippen LogP contribution in [0.3, 0.4) is 0 Å². The molecule has 2 aromatic rings. The minimum atomic E-state index is -1.71. The second kappa shape index (κ2) is 8.91. The van der Waals surface area contributed by atoms with E-state index in [1.165, 1.54) is 6.07 Å². The van der Waals surface area contributed by atoms with Gasteiger partial charge < -0.3 is 25.2 Å². The van der Waals surface area contributed by atoms with Crippen molar-refractivity contribution in [3.63, 3.8) is 0 Å². The van der Waals surface area contributed by atoms with Crippen molar-refractivity contribution in [1.29, 1.82) is 0 Å². The van der Waals surface area contributed by atoms with Gasteiger partial charge >= 0.3 is 5.97 Å². The zero-order chi connectivity index (χ0) is 20.0. The first kappa shape index (κ1) is 20.1. The van der Waals surface area contributed by atoms with Crippen LogP contribution in [0.5, 0.6) is 23.0 Å². The number of carboxylic acids is 1. The van der Waals surface area contributed by atoms with Gasteiger partial charge in [0.2, 0.25) is 5.75 Å². The quantitative estimate of drug-likeness (QED) is 0.398. The predicted molar refractivity (Wildman–Crippen MR) is 101 cm³/mol. The minimum Gasteiger partial charge on any atom is -0.504 e. The van der Waals surface area contributed by atoms with Crippen molar-refractivity contribution >= 4 is 5.97 Å². The first-order valence-electron chi connectivity index (χ1n) is 8.33. The maximum absolute atomic E-state index is 10.9. The van der Waals surface area contributed by atoms with Crippen LogP contribution in [0, 0.1) is 0 Å². The molecule has 2 rings (SSSR count). The molecular weight excluding hydrogens is 348 g/mol. The second-order valence-corrected chi connectivity index (χ2v) is 6.00. The maximum Gasteiger partial charge on any atom is 0.332 e. The zero-order valence-corrected chi connectivity index (χ0v) is 14.8. The predicted octanol–water partition coefficient (Wildman–Crippen LogP) is 3.34. The lowest BCUT2D eigenvalue weighted by Gasteiger charge is -2.17. The van der Waals surface area contributed by atoms with Gasteiger partial charge in [0.25, 0.3) is 0 Å². The van der Waals surface area contributed by atoms with Crippen LogP contribution in [-0.4, -0.2) is 32.5 Å². The molecule has 0 aliphatic carbocycles. The summed E-state index contributed by atoms with van der Waals surface area (Å²) in [7, 11) is 0. The standard InChI is InChI=1S/C21H22O6/c1-3-5-13-7-9-15(10-8-13)27-18-11-14(6-4-2)16(19(23)20(18)24)12-17(22)21(25)26/h3-4,7-11,17,22-24H,1-2,5-6,12H2,(H,25,26). The summed E-state index contributed by atoms with van der Waals surface area (Å²) in [5.74, 6) is -1.98. The highest BCUT2D eigenvalue weighted by atomic mass is 16.5. The van der Waals surface area contributed by atoms with E-state index in [1.807, 2.05) is 12.1 Å². The highest BCUT2D eigenvalue weighted by Crippen LogP contribution is 2.43. The van der Waals surface area contributed by atoms with Gasteiger partial charge in [0.05, 0.1) is 0 Å². The number of benzene rings is 2. The fourth-order valence-corrected chi connectivity index (χ4v) is 2.64. The van der Waals surface area contributed by atoms with E-state index >= 15 is 0 Å². The monoisotopic (exact) mass is 370 g/mol. The van der Waals surface area contributed by atoms with Crippen molar-refractivity contribution in [2.75, 3.05) is 0 Å². The summed E-state index contributed by atoms with van der Waals surface area (Å²) in [6.07, 6.45) is 2.31. The number of aliphatic hydroxyl groups excluding tert-OH is 1. The van der Waals surface area contributed by atoms with E-state index in [1.54, 1.807) is 24.3 Å². The minimum absolute atomic E-state index is 0.0226. The van der Waals surface area contributed by atoms with Crippen LogP contribution < -0.4 is 4.74 Å². The molecular formula is C21H22O6. The lowest BCUT2D eigenvalue weighted by molar-refractivity contribution is -0.146. The molecule has 0 aliphatic rings. The van der Waals surface area contributed by atoms with Crippen LogP contribution in [0.2, 0.25) is 0 Å². The van der Waals surface area contributed by atoms with E-state index in [4.69, 9.17) is 9.84 Å². The van der Waals surface area contributed by atoms with E-state index in [0.29, 0.717) is 17.7 Å². The molecule has 2 aromatic carbocycles. The topological polar surface area (TPSA) is 107 Å². The lowest BCUT2D eigenvalue weighted by atomic mass is 9.97. The number of aromatic hydroxyl groups is 2. The van der Waals surface area contributed by atoms with Gasteiger partial charge in [-0.25, -0.2) is 4.79 Å². The third-order valence-electron chi connectivity index (χ3n) is 4.01. The van der Waals surface area contributed by atoms with E-state index in [-0.39, 0.29) is 17.7 Å². The number of hydrogen-bond donors (Lipinski definition) is 4. The number of rotatable bonds is 9. The number of hydrogen-bond acceptors (Lipinski definition) is 5. The number of allylic oxidation sites excluding steroid dienone is 2. The summed E-state index contributed by atoms with van der Waals surface area (Å²) >= 11 is 0. The first-order valence-corrected chi connectivity index (χ1v) is 8.33. The van der Waals surface area contributed by atoms with Crippen molar-refractivity contribution in [1.82, 2.24) is 0 Å². The van der Waals surface area contributed by atoms with Gasteiger partial charge in [0.1, 0.15) is 5.75 Å². The molecule has 0 aromatic heterocycles. The first-order chi connectivity index (χ1) is 12.9. The number of phenolic OH excluding ortho intramolecular Hbond substituents is 2. The van der Waals surface area contributed by atoms with Crippen LogP contribution in [0.1, 0.15) is 16.7 Å². The van der Waals surface area contributed by atoms with Crippen molar-refractivity contribution in [3.05, 3.63) is 72.3 Å². The van der Waals surface area contributed by atoms with Gasteiger partial charge in [0.15, 0.2) is 17.6 Å². The van der Waals surface area contributed by atoms with Crippen molar-refractivity contribution < 1.29 is 30.0 Å². The summed E-state index contributed by atoms with van der Waals surface area (Å²) in [6, 6.07) is 8.67. The Morgan fingerprint density at radius 2 is 1.70 bits per heavy atom. The van der Waals surface area contributed by atoms with Crippen LogP contribution >= 0.6 is 0 Å². The zero-order valence-electron chi connectivity index (χ0n) is 14.8. The summed E-state index contributed by atoms with van der Waals surface area (Å²) in [5, 5.41) is 39.1. The Kier molecular flexibility index (Phi) is 6.62. The van der Waals surface area contributed by atoms with E-state index in [2.05, 4.69) is 13.2 Å². The molecule has 0 amide bonds. The van der Waals surface area contributed by atoms with E-state index < -0.39 is 23.6 Å². The number of aliphatic carboxylic acids is 1. The van der Waals surface area contributed by atoms with Gasteiger partial charge in [-0.05, 0) is 42.2 Å². The lowest BCUT2D eigenvalue weighted by Crippen LogP contribution is -2.22. The Morgan fingerprint density at radius 1 is 1.07 bits per heavy atom. The summed E-state index contributed by atoms with van der Waals surface area (Å²) in [6.45, 7) is 7.31. The smallest absolute Gasteiger partial charge is 0.332 e. The molecule has 0 aliphatic heterocycles. The van der Waals surface area contributed by atoms with E-state index in [9.17, 15) is 20.1 Å². The van der Waals surface area contributed by atoms with Crippen molar-refractivity contribution in [3.8, 4) is 23.0 Å². The molecule has 142 valence electrons. The summed E-state index contributed by atoms with van der Waals surface area (Å²) < 4.78 is 5.67. The molecule has 0 fully saturated rings. The molecule has 6 heteroatoms. The van der Waals surface area contributed by atoms with Gasteiger partial charge in [-0.1, -0.05) is 24.3 Å². The normalized spacial score (nSPS) is 11.6.